The van der Waals surface area contributed by atoms with E-state index in [1.54, 1.807) is 11.8 Å². The van der Waals surface area contributed by atoms with Gasteiger partial charge < -0.3 is 10.3 Å². The molecule has 1 heterocycles. The Kier molecular flexibility index (Phi) is 3.75. The van der Waals surface area contributed by atoms with Crippen molar-refractivity contribution in [3.05, 3.63) is 41.0 Å². The molecule has 1 aromatic carbocycles. The lowest BCUT2D eigenvalue weighted by molar-refractivity contribution is 0.229. The highest BCUT2D eigenvalue weighted by atomic mass is 35.5. The van der Waals surface area contributed by atoms with Gasteiger partial charge in [-0.3, -0.25) is 0 Å². The molecule has 2 aromatic rings. The minimum Gasteiger partial charge on any atom is -0.338 e. The van der Waals surface area contributed by atoms with Crippen LogP contribution in [0.2, 0.25) is 5.02 Å². The molecule has 3 rings (SSSR count). The molecule has 0 amide bonds. The van der Waals surface area contributed by atoms with E-state index in [4.69, 9.17) is 21.9 Å². The van der Waals surface area contributed by atoms with Crippen molar-refractivity contribution >= 4 is 23.4 Å². The molecule has 6 heteroatoms. The normalized spacial score (nSPS) is 18.6. The number of nitrogens with two attached hydrogens (primary N) is 1. The van der Waals surface area contributed by atoms with Gasteiger partial charge in [-0.25, -0.2) is 0 Å². The lowest BCUT2D eigenvalue weighted by Crippen LogP contribution is -2.44. The summed E-state index contributed by atoms with van der Waals surface area (Å²) in [7, 11) is 0. The third-order valence-corrected chi connectivity index (χ3v) is 4.96. The van der Waals surface area contributed by atoms with E-state index in [2.05, 4.69) is 10.1 Å². The van der Waals surface area contributed by atoms with Gasteiger partial charge in [0, 0.05) is 9.92 Å². The molecule has 0 radical (unpaired) electrons. The molecule has 1 aromatic heterocycles. The maximum Gasteiger partial charge on any atom is 0.239 e. The van der Waals surface area contributed by atoms with E-state index in [0.29, 0.717) is 11.7 Å². The maximum atomic E-state index is 6.20. The smallest absolute Gasteiger partial charge is 0.239 e. The summed E-state index contributed by atoms with van der Waals surface area (Å²) in [4.78, 5) is 5.59. The number of halogens is 1. The first kappa shape index (κ1) is 13.9. The first-order chi connectivity index (χ1) is 9.57. The van der Waals surface area contributed by atoms with Crippen LogP contribution in [-0.2, 0) is 5.54 Å². The van der Waals surface area contributed by atoms with Gasteiger partial charge in [-0.15, -0.1) is 11.8 Å². The summed E-state index contributed by atoms with van der Waals surface area (Å²) in [6.07, 6.45) is 3.00. The Morgan fingerprint density at radius 2 is 2.05 bits per heavy atom. The molecule has 0 bridgehead atoms. The summed E-state index contributed by atoms with van der Waals surface area (Å²) in [6.45, 7) is 2.04. The zero-order valence-electron chi connectivity index (χ0n) is 11.2. The number of benzene rings is 1. The predicted octanol–water partition coefficient (Wildman–Crippen LogP) is 3.91. The van der Waals surface area contributed by atoms with Gasteiger partial charge in [0.25, 0.3) is 0 Å². The van der Waals surface area contributed by atoms with Crippen LogP contribution < -0.4 is 5.73 Å². The average molecular weight is 310 g/mol. The van der Waals surface area contributed by atoms with E-state index in [1.807, 2.05) is 31.2 Å². The summed E-state index contributed by atoms with van der Waals surface area (Å²) in [5.74, 6) is 1.26. The van der Waals surface area contributed by atoms with Crippen molar-refractivity contribution in [1.82, 2.24) is 10.1 Å². The summed E-state index contributed by atoms with van der Waals surface area (Å²) in [5, 5.41) is 4.86. The van der Waals surface area contributed by atoms with Gasteiger partial charge in [0.15, 0.2) is 5.82 Å². The van der Waals surface area contributed by atoms with Gasteiger partial charge in [0.1, 0.15) is 0 Å². The van der Waals surface area contributed by atoms with Gasteiger partial charge in [-0.05, 0) is 50.5 Å². The van der Waals surface area contributed by atoms with E-state index in [9.17, 15) is 0 Å². The third kappa shape index (κ3) is 2.71. The summed E-state index contributed by atoms with van der Waals surface area (Å²) in [6, 6.07) is 7.71. The Balaban J connectivity index is 1.71. The number of hydrogen-bond acceptors (Lipinski definition) is 5. The monoisotopic (exact) mass is 309 g/mol. The van der Waals surface area contributed by atoms with Crippen LogP contribution in [0.15, 0.2) is 33.7 Å². The molecule has 20 heavy (non-hydrogen) atoms. The molecular formula is C14H16ClN3OS. The van der Waals surface area contributed by atoms with E-state index in [1.165, 1.54) is 0 Å². The first-order valence-electron chi connectivity index (χ1n) is 6.62. The number of nitrogens with zero attached hydrogens (tertiary/aromatic N) is 2. The van der Waals surface area contributed by atoms with Crippen LogP contribution in [-0.4, -0.2) is 10.1 Å². The molecule has 1 aliphatic carbocycles. The fraction of sp³-hybridized carbons (Fsp3) is 0.429. The number of rotatable bonds is 4. The van der Waals surface area contributed by atoms with Crippen molar-refractivity contribution in [1.29, 1.82) is 0 Å². The van der Waals surface area contributed by atoms with Crippen molar-refractivity contribution in [3.63, 3.8) is 0 Å². The van der Waals surface area contributed by atoms with Crippen LogP contribution in [0.5, 0.6) is 0 Å². The zero-order chi connectivity index (χ0) is 14.2. The van der Waals surface area contributed by atoms with Gasteiger partial charge in [-0.2, -0.15) is 4.98 Å². The highest BCUT2D eigenvalue weighted by Gasteiger charge is 2.39. The van der Waals surface area contributed by atoms with Crippen molar-refractivity contribution in [2.24, 2.45) is 5.73 Å². The minimum atomic E-state index is -0.369. The Hall–Kier alpha value is -1.04. The fourth-order valence-corrected chi connectivity index (χ4v) is 3.18. The molecule has 1 fully saturated rings. The fourth-order valence-electron chi connectivity index (χ4n) is 2.15. The van der Waals surface area contributed by atoms with E-state index >= 15 is 0 Å². The Morgan fingerprint density at radius 3 is 2.65 bits per heavy atom. The molecule has 4 nitrogen and oxygen atoms in total. The molecule has 1 atom stereocenters. The molecular weight excluding hydrogens is 294 g/mol. The largest absolute Gasteiger partial charge is 0.338 e. The maximum absolute atomic E-state index is 6.20. The molecule has 106 valence electrons. The van der Waals surface area contributed by atoms with Crippen molar-refractivity contribution < 1.29 is 4.52 Å². The Morgan fingerprint density at radius 1 is 1.35 bits per heavy atom. The summed E-state index contributed by atoms with van der Waals surface area (Å²) in [5.41, 5.74) is 5.83. The molecule has 0 aliphatic heterocycles. The lowest BCUT2D eigenvalue weighted by atomic mass is 9.77. The standard InChI is InChI=1S/C14H16ClN3OS/c1-9(20-11-5-3-10(15)4-6-11)12-17-13(18-19-12)14(16)7-2-8-14/h3-6,9H,2,7-8,16H2,1H3. The Bertz CT molecular complexity index is 595. The van der Waals surface area contributed by atoms with Gasteiger partial charge >= 0.3 is 0 Å². The second-order valence-electron chi connectivity index (χ2n) is 5.18. The summed E-state index contributed by atoms with van der Waals surface area (Å²) < 4.78 is 5.36. The predicted molar refractivity (Wildman–Crippen MR) is 79.7 cm³/mol. The van der Waals surface area contributed by atoms with Crippen molar-refractivity contribution in [3.8, 4) is 0 Å². The van der Waals surface area contributed by atoms with Crippen LogP contribution >= 0.6 is 23.4 Å². The van der Waals surface area contributed by atoms with Crippen molar-refractivity contribution in [2.45, 2.75) is 41.9 Å². The minimum absolute atomic E-state index is 0.0844. The molecule has 1 aliphatic rings. The quantitative estimate of drug-likeness (QED) is 0.867. The highest BCUT2D eigenvalue weighted by Crippen LogP contribution is 2.39. The lowest BCUT2D eigenvalue weighted by Gasteiger charge is -2.34. The molecule has 0 saturated heterocycles. The molecule has 2 N–H and O–H groups in total. The van der Waals surface area contributed by atoms with Crippen LogP contribution in [0.3, 0.4) is 0 Å². The van der Waals surface area contributed by atoms with Crippen LogP contribution in [0.25, 0.3) is 0 Å². The van der Waals surface area contributed by atoms with Gasteiger partial charge in [0.2, 0.25) is 5.89 Å². The van der Waals surface area contributed by atoms with Gasteiger partial charge in [-0.1, -0.05) is 16.8 Å². The second kappa shape index (κ2) is 5.39. The molecule has 0 spiro atoms. The third-order valence-electron chi connectivity index (χ3n) is 3.61. The average Bonchev–Trinajstić information content (AvgIpc) is 2.89. The summed E-state index contributed by atoms with van der Waals surface area (Å²) >= 11 is 7.54. The van der Waals surface area contributed by atoms with E-state index in [-0.39, 0.29) is 10.8 Å². The van der Waals surface area contributed by atoms with Gasteiger partial charge in [0.05, 0.1) is 10.8 Å². The van der Waals surface area contributed by atoms with Crippen LogP contribution in [0.1, 0.15) is 43.2 Å². The molecule has 1 unspecified atom stereocenters. The van der Waals surface area contributed by atoms with E-state index in [0.717, 1.165) is 29.2 Å². The van der Waals surface area contributed by atoms with Crippen molar-refractivity contribution in [2.75, 3.05) is 0 Å². The number of thioether (sulfide) groups is 1. The topological polar surface area (TPSA) is 64.9 Å². The van der Waals surface area contributed by atoms with E-state index < -0.39 is 0 Å². The zero-order valence-corrected chi connectivity index (χ0v) is 12.7. The first-order valence-corrected chi connectivity index (χ1v) is 7.88. The highest BCUT2D eigenvalue weighted by molar-refractivity contribution is 7.99. The number of aromatic nitrogens is 2. The molecule has 1 saturated carbocycles. The second-order valence-corrected chi connectivity index (χ2v) is 7.03. The van der Waals surface area contributed by atoms with Crippen LogP contribution in [0.4, 0.5) is 0 Å². The Labute approximate surface area is 127 Å². The number of hydrogen-bond donors (Lipinski definition) is 1. The SMILES string of the molecule is CC(Sc1ccc(Cl)cc1)c1nc(C2(N)CCC2)no1. The van der Waals surface area contributed by atoms with Crippen LogP contribution in [0, 0.1) is 0 Å².